The fourth-order valence-electron chi connectivity index (χ4n) is 3.70. The molecule has 1 amide bonds. The van der Waals surface area contributed by atoms with Gasteiger partial charge in [-0.05, 0) is 55.8 Å². The van der Waals surface area contributed by atoms with E-state index >= 15 is 0 Å². The Bertz CT molecular complexity index is 997. The number of amides is 1. The van der Waals surface area contributed by atoms with Crippen LogP contribution in [-0.4, -0.2) is 31.1 Å². The third kappa shape index (κ3) is 7.22. The maximum absolute atomic E-state index is 13.8. The molecule has 0 heterocycles. The van der Waals surface area contributed by atoms with Crippen LogP contribution in [0.5, 0.6) is 0 Å². The summed E-state index contributed by atoms with van der Waals surface area (Å²) in [5, 5.41) is 12.8. The Kier molecular flexibility index (Phi) is 9.17. The van der Waals surface area contributed by atoms with Gasteiger partial charge in [0, 0.05) is 17.0 Å². The largest absolute Gasteiger partial charge is 0.341 e. The molecule has 0 aromatic heterocycles. The Balaban J connectivity index is 1.76. The van der Waals surface area contributed by atoms with E-state index in [4.69, 9.17) is 23.2 Å². The molecule has 1 aliphatic carbocycles. The average molecular weight is 494 g/mol. The molecule has 33 heavy (non-hydrogen) atoms. The Morgan fingerprint density at radius 1 is 1.15 bits per heavy atom. The van der Waals surface area contributed by atoms with Crippen LogP contribution in [0.2, 0.25) is 10.0 Å². The van der Waals surface area contributed by atoms with Gasteiger partial charge in [0.25, 0.3) is 5.91 Å². The van der Waals surface area contributed by atoms with Crippen LogP contribution in [0.25, 0.3) is 0 Å². The number of rotatable bonds is 8. The first kappa shape index (κ1) is 25.1. The van der Waals surface area contributed by atoms with Crippen molar-refractivity contribution in [3.63, 3.8) is 0 Å². The molecule has 10 heteroatoms. The highest BCUT2D eigenvalue weighted by atomic mass is 35.5. The van der Waals surface area contributed by atoms with Gasteiger partial charge in [-0.1, -0.05) is 53.4 Å². The SMILES string of the molecule is CNC(CC(N=O)c1ccc(Cl)cc1)NC(=NC1CCCC1)NC(=O)c1ccc(Cl)c(F)c1. The zero-order chi connectivity index (χ0) is 23.8. The van der Waals surface area contributed by atoms with E-state index in [1.54, 1.807) is 31.3 Å². The number of halogens is 3. The molecule has 176 valence electrons. The van der Waals surface area contributed by atoms with E-state index < -0.39 is 23.9 Å². The van der Waals surface area contributed by atoms with Crippen LogP contribution < -0.4 is 16.0 Å². The van der Waals surface area contributed by atoms with Crippen LogP contribution in [0.1, 0.15) is 54.1 Å². The lowest BCUT2D eigenvalue weighted by molar-refractivity contribution is 0.0975. The van der Waals surface area contributed by atoms with Crippen molar-refractivity contribution in [2.45, 2.75) is 50.4 Å². The van der Waals surface area contributed by atoms with Crippen molar-refractivity contribution in [1.29, 1.82) is 0 Å². The molecule has 7 nitrogen and oxygen atoms in total. The summed E-state index contributed by atoms with van der Waals surface area (Å²) in [5.74, 6) is -0.947. The van der Waals surface area contributed by atoms with Crippen LogP contribution in [0, 0.1) is 10.7 Å². The minimum Gasteiger partial charge on any atom is -0.341 e. The van der Waals surface area contributed by atoms with E-state index in [2.05, 4.69) is 26.1 Å². The molecule has 3 rings (SSSR count). The van der Waals surface area contributed by atoms with Crippen molar-refractivity contribution >= 4 is 35.1 Å². The fourth-order valence-corrected chi connectivity index (χ4v) is 3.94. The normalized spacial score (nSPS) is 16.3. The first-order valence-corrected chi connectivity index (χ1v) is 11.5. The summed E-state index contributed by atoms with van der Waals surface area (Å²) >= 11 is 11.7. The standard InChI is InChI=1S/C23H26Cl2FN5O2/c1-27-21(13-20(31-33)14-6-9-16(24)10-7-14)29-23(28-17-4-2-3-5-17)30-22(32)15-8-11-18(25)19(26)12-15/h6-12,17,20-21,27H,2-5,13H2,1H3,(H2,28,29,30,32). The number of carbonyl (C=O) groups excluding carboxylic acids is 1. The number of aliphatic imine (C=N–C) groups is 1. The van der Waals surface area contributed by atoms with Crippen LogP contribution in [0.15, 0.2) is 52.6 Å². The first-order valence-electron chi connectivity index (χ1n) is 10.8. The summed E-state index contributed by atoms with van der Waals surface area (Å²) in [6, 6.07) is 10.2. The van der Waals surface area contributed by atoms with Crippen molar-refractivity contribution in [2.75, 3.05) is 7.05 Å². The van der Waals surface area contributed by atoms with E-state index in [1.807, 2.05) is 0 Å². The van der Waals surface area contributed by atoms with Gasteiger partial charge >= 0.3 is 0 Å². The molecule has 0 aliphatic heterocycles. The maximum atomic E-state index is 13.8. The van der Waals surface area contributed by atoms with E-state index in [1.165, 1.54) is 12.1 Å². The third-order valence-corrected chi connectivity index (χ3v) is 6.11. The van der Waals surface area contributed by atoms with Crippen LogP contribution in [-0.2, 0) is 0 Å². The summed E-state index contributed by atoms with van der Waals surface area (Å²) in [5.41, 5.74) is 0.846. The number of guanidine groups is 1. The number of nitrogens with one attached hydrogen (secondary N) is 3. The highest BCUT2D eigenvalue weighted by Gasteiger charge is 2.22. The number of nitrogens with zero attached hydrogens (tertiary/aromatic N) is 2. The number of hydrogen-bond donors (Lipinski definition) is 3. The fraction of sp³-hybridized carbons (Fsp3) is 0.391. The van der Waals surface area contributed by atoms with Crippen molar-refractivity contribution in [3.05, 3.63) is 74.4 Å². The summed E-state index contributed by atoms with van der Waals surface area (Å²) in [7, 11) is 1.73. The Hall–Kier alpha value is -2.55. The van der Waals surface area contributed by atoms with Crippen LogP contribution >= 0.6 is 23.2 Å². The molecule has 1 fully saturated rings. The molecule has 0 saturated heterocycles. The lowest BCUT2D eigenvalue weighted by Gasteiger charge is -2.23. The molecule has 1 aliphatic rings. The molecule has 2 aromatic rings. The molecule has 0 spiro atoms. The third-order valence-electron chi connectivity index (χ3n) is 5.55. The predicted octanol–water partition coefficient (Wildman–Crippen LogP) is 5.19. The van der Waals surface area contributed by atoms with Crippen LogP contribution in [0.4, 0.5) is 4.39 Å². The summed E-state index contributed by atoms with van der Waals surface area (Å²) in [4.78, 5) is 29.0. The molecule has 2 aromatic carbocycles. The predicted molar refractivity (Wildman–Crippen MR) is 129 cm³/mol. The molecule has 3 N–H and O–H groups in total. The zero-order valence-corrected chi connectivity index (χ0v) is 19.7. The number of benzene rings is 2. The Morgan fingerprint density at radius 3 is 2.45 bits per heavy atom. The van der Waals surface area contributed by atoms with E-state index in [0.29, 0.717) is 11.4 Å². The van der Waals surface area contributed by atoms with Gasteiger partial charge < -0.3 is 10.6 Å². The lowest BCUT2D eigenvalue weighted by atomic mass is 10.0. The van der Waals surface area contributed by atoms with E-state index in [9.17, 15) is 14.1 Å². The number of hydrogen-bond acceptors (Lipinski definition) is 5. The van der Waals surface area contributed by atoms with Gasteiger partial charge in [-0.2, -0.15) is 4.91 Å². The molecule has 1 saturated carbocycles. The van der Waals surface area contributed by atoms with Crippen molar-refractivity contribution in [1.82, 2.24) is 16.0 Å². The average Bonchev–Trinajstić information content (AvgIpc) is 3.32. The lowest BCUT2D eigenvalue weighted by Crippen LogP contribution is -2.51. The minimum absolute atomic E-state index is 0.0608. The number of carbonyl (C=O) groups is 1. The van der Waals surface area contributed by atoms with Gasteiger partial charge in [0.15, 0.2) is 5.96 Å². The van der Waals surface area contributed by atoms with Crippen molar-refractivity contribution in [2.24, 2.45) is 10.2 Å². The highest BCUT2D eigenvalue weighted by Crippen LogP contribution is 2.24. The topological polar surface area (TPSA) is 94.9 Å². The highest BCUT2D eigenvalue weighted by molar-refractivity contribution is 6.31. The van der Waals surface area contributed by atoms with Crippen molar-refractivity contribution in [3.8, 4) is 0 Å². The smallest absolute Gasteiger partial charge is 0.258 e. The van der Waals surface area contributed by atoms with Gasteiger partial charge in [-0.15, -0.1) is 0 Å². The maximum Gasteiger partial charge on any atom is 0.258 e. The Morgan fingerprint density at radius 2 is 1.85 bits per heavy atom. The van der Waals surface area contributed by atoms with Gasteiger partial charge in [-0.3, -0.25) is 10.1 Å². The molecule has 2 atom stereocenters. The number of nitroso groups, excluding NO2 is 1. The zero-order valence-electron chi connectivity index (χ0n) is 18.2. The molecular formula is C23H26Cl2FN5O2. The van der Waals surface area contributed by atoms with E-state index in [0.717, 1.165) is 37.3 Å². The molecule has 0 bridgehead atoms. The second-order valence-electron chi connectivity index (χ2n) is 7.89. The summed E-state index contributed by atoms with van der Waals surface area (Å²) < 4.78 is 13.8. The second-order valence-corrected chi connectivity index (χ2v) is 8.74. The van der Waals surface area contributed by atoms with Gasteiger partial charge in [0.1, 0.15) is 11.9 Å². The summed E-state index contributed by atoms with van der Waals surface area (Å²) in [6.45, 7) is 0. The minimum atomic E-state index is -0.678. The molecule has 2 unspecified atom stereocenters. The quantitative estimate of drug-likeness (QED) is 0.204. The van der Waals surface area contributed by atoms with Gasteiger partial charge in [0.2, 0.25) is 0 Å². The molecule has 0 radical (unpaired) electrons. The monoisotopic (exact) mass is 493 g/mol. The first-order chi connectivity index (χ1) is 15.9. The van der Waals surface area contributed by atoms with Crippen molar-refractivity contribution < 1.29 is 9.18 Å². The Labute approximate surface area is 202 Å². The summed E-state index contributed by atoms with van der Waals surface area (Å²) in [6.07, 6.45) is 3.86. The van der Waals surface area contributed by atoms with Gasteiger partial charge in [-0.25, -0.2) is 9.38 Å². The van der Waals surface area contributed by atoms with E-state index in [-0.39, 0.29) is 22.6 Å². The molecular weight excluding hydrogens is 468 g/mol. The van der Waals surface area contributed by atoms with Crippen LogP contribution in [0.3, 0.4) is 0 Å². The van der Waals surface area contributed by atoms with Gasteiger partial charge in [0.05, 0.1) is 17.2 Å². The second kappa shape index (κ2) is 12.1.